The largest absolute Gasteiger partial charge is 0.331 e. The Morgan fingerprint density at radius 3 is 3.19 bits per heavy atom. The average molecular weight is 220 g/mol. The van der Waals surface area contributed by atoms with Crippen LogP contribution in [-0.2, 0) is 0 Å². The lowest BCUT2D eigenvalue weighted by atomic mass is 10.0. The molecule has 3 atom stereocenters. The zero-order valence-electron chi connectivity index (χ0n) is 9.31. The van der Waals surface area contributed by atoms with Gasteiger partial charge in [0.05, 0.1) is 11.8 Å². The molecule has 1 aromatic heterocycles. The summed E-state index contributed by atoms with van der Waals surface area (Å²) in [7, 11) is 0. The van der Waals surface area contributed by atoms with Crippen LogP contribution in [0.1, 0.15) is 23.7 Å². The molecule has 86 valence electrons. The summed E-state index contributed by atoms with van der Waals surface area (Å²) in [4.78, 5) is 14.3. The minimum Gasteiger partial charge on any atom is -0.331 e. The first-order valence-electron chi connectivity index (χ1n) is 5.79. The zero-order chi connectivity index (χ0) is 11.1. The van der Waals surface area contributed by atoms with Crippen LogP contribution in [0.4, 0.5) is 0 Å². The Hall–Kier alpha value is -1.36. The highest BCUT2D eigenvalue weighted by atomic mass is 16.2. The number of amides is 1. The Bertz CT molecular complexity index is 389. The van der Waals surface area contributed by atoms with Gasteiger partial charge in [0.2, 0.25) is 0 Å². The third-order valence-corrected chi connectivity index (χ3v) is 3.76. The molecule has 3 heterocycles. The molecule has 5 heteroatoms. The van der Waals surface area contributed by atoms with E-state index in [0.29, 0.717) is 23.6 Å². The molecular weight excluding hydrogens is 204 g/mol. The van der Waals surface area contributed by atoms with E-state index in [-0.39, 0.29) is 5.91 Å². The van der Waals surface area contributed by atoms with Gasteiger partial charge in [0, 0.05) is 31.4 Å². The summed E-state index contributed by atoms with van der Waals surface area (Å²) in [5.41, 5.74) is 0.666. The quantitative estimate of drug-likeness (QED) is 0.712. The van der Waals surface area contributed by atoms with Gasteiger partial charge in [-0.3, -0.25) is 9.89 Å². The summed E-state index contributed by atoms with van der Waals surface area (Å²) in [5.74, 6) is 0.739. The number of carbonyl (C=O) groups excluding carboxylic acids is 1. The second-order valence-corrected chi connectivity index (χ2v) is 4.77. The van der Waals surface area contributed by atoms with Gasteiger partial charge in [-0.15, -0.1) is 0 Å². The maximum atomic E-state index is 12.3. The summed E-state index contributed by atoms with van der Waals surface area (Å²) in [6, 6.07) is 0.719. The Labute approximate surface area is 94.2 Å². The van der Waals surface area contributed by atoms with Crippen LogP contribution in [0.2, 0.25) is 0 Å². The van der Waals surface area contributed by atoms with E-state index in [2.05, 4.69) is 22.4 Å². The van der Waals surface area contributed by atoms with Gasteiger partial charge < -0.3 is 10.2 Å². The van der Waals surface area contributed by atoms with Gasteiger partial charge in [0.25, 0.3) is 5.91 Å². The number of hydrogen-bond donors (Lipinski definition) is 2. The van der Waals surface area contributed by atoms with E-state index >= 15 is 0 Å². The molecule has 3 rings (SSSR count). The van der Waals surface area contributed by atoms with Crippen LogP contribution in [0.3, 0.4) is 0 Å². The van der Waals surface area contributed by atoms with E-state index in [1.54, 1.807) is 12.4 Å². The number of nitrogens with zero attached hydrogens (tertiary/aromatic N) is 2. The second-order valence-electron chi connectivity index (χ2n) is 4.77. The lowest BCUT2D eigenvalue weighted by molar-refractivity contribution is 0.0682. The molecular formula is C11H16N4O. The fourth-order valence-corrected chi connectivity index (χ4v) is 3.03. The molecule has 2 saturated heterocycles. The Morgan fingerprint density at radius 1 is 1.56 bits per heavy atom. The lowest BCUT2D eigenvalue weighted by Gasteiger charge is -2.27. The number of rotatable bonds is 1. The molecule has 0 aromatic carbocycles. The number of likely N-dealkylation sites (tertiary alicyclic amines) is 1. The van der Waals surface area contributed by atoms with Crippen molar-refractivity contribution in [2.75, 3.05) is 13.1 Å². The van der Waals surface area contributed by atoms with E-state index in [4.69, 9.17) is 0 Å². The van der Waals surface area contributed by atoms with Crippen molar-refractivity contribution in [3.05, 3.63) is 18.0 Å². The zero-order valence-corrected chi connectivity index (χ0v) is 9.31. The predicted molar refractivity (Wildman–Crippen MR) is 59.0 cm³/mol. The van der Waals surface area contributed by atoms with Gasteiger partial charge in [0.1, 0.15) is 0 Å². The monoisotopic (exact) mass is 220 g/mol. The maximum Gasteiger partial charge on any atom is 0.257 e. The van der Waals surface area contributed by atoms with E-state index in [1.165, 1.54) is 0 Å². The minimum absolute atomic E-state index is 0.109. The van der Waals surface area contributed by atoms with Crippen molar-refractivity contribution in [2.24, 2.45) is 5.92 Å². The van der Waals surface area contributed by atoms with E-state index in [9.17, 15) is 4.79 Å². The fourth-order valence-electron chi connectivity index (χ4n) is 3.03. The van der Waals surface area contributed by atoms with Crippen LogP contribution in [0.15, 0.2) is 12.4 Å². The second kappa shape index (κ2) is 3.59. The molecule has 2 N–H and O–H groups in total. The first kappa shape index (κ1) is 9.84. The molecule has 0 radical (unpaired) electrons. The summed E-state index contributed by atoms with van der Waals surface area (Å²) in [6.07, 6.45) is 4.39. The van der Waals surface area contributed by atoms with E-state index in [0.717, 1.165) is 19.5 Å². The van der Waals surface area contributed by atoms with Gasteiger partial charge >= 0.3 is 0 Å². The third kappa shape index (κ3) is 1.35. The minimum atomic E-state index is 0.109. The van der Waals surface area contributed by atoms with Gasteiger partial charge in [0.15, 0.2) is 0 Å². The molecule has 16 heavy (non-hydrogen) atoms. The molecule has 5 nitrogen and oxygen atoms in total. The highest BCUT2D eigenvalue weighted by Crippen LogP contribution is 2.33. The standard InChI is InChI=1S/C11H16N4O/c1-7-2-8-3-12-6-10(8)15(7)11(16)9-4-13-14-5-9/h4-5,7-8,10,12H,2-3,6H2,1H3,(H,13,14). The Kier molecular flexibility index (Phi) is 2.21. The van der Waals surface area contributed by atoms with E-state index in [1.807, 2.05) is 4.90 Å². The van der Waals surface area contributed by atoms with Crippen LogP contribution in [-0.4, -0.2) is 46.2 Å². The summed E-state index contributed by atoms with van der Waals surface area (Å²) >= 11 is 0. The molecule has 1 aromatic rings. The Morgan fingerprint density at radius 2 is 2.44 bits per heavy atom. The van der Waals surface area contributed by atoms with Crippen molar-refractivity contribution in [1.29, 1.82) is 0 Å². The summed E-state index contributed by atoms with van der Waals surface area (Å²) < 4.78 is 0. The molecule has 2 aliphatic heterocycles. The Balaban J connectivity index is 1.86. The van der Waals surface area contributed by atoms with Crippen LogP contribution in [0, 0.1) is 5.92 Å². The smallest absolute Gasteiger partial charge is 0.257 e. The van der Waals surface area contributed by atoms with Crippen molar-refractivity contribution in [3.8, 4) is 0 Å². The summed E-state index contributed by atoms with van der Waals surface area (Å²) in [5, 5.41) is 9.89. The molecule has 0 bridgehead atoms. The number of carbonyl (C=O) groups is 1. The number of hydrogen-bond acceptors (Lipinski definition) is 3. The first-order valence-corrected chi connectivity index (χ1v) is 5.79. The third-order valence-electron chi connectivity index (χ3n) is 3.76. The van der Waals surface area contributed by atoms with Gasteiger partial charge in [-0.25, -0.2) is 0 Å². The van der Waals surface area contributed by atoms with E-state index < -0.39 is 0 Å². The van der Waals surface area contributed by atoms with Crippen molar-refractivity contribution < 1.29 is 4.79 Å². The van der Waals surface area contributed by atoms with Crippen LogP contribution < -0.4 is 5.32 Å². The van der Waals surface area contributed by atoms with Crippen LogP contribution in [0.25, 0.3) is 0 Å². The summed E-state index contributed by atoms with van der Waals surface area (Å²) in [6.45, 7) is 4.11. The highest BCUT2D eigenvalue weighted by Gasteiger charge is 2.44. The molecule has 2 fully saturated rings. The number of aromatic nitrogens is 2. The van der Waals surface area contributed by atoms with Crippen molar-refractivity contribution in [2.45, 2.75) is 25.4 Å². The van der Waals surface area contributed by atoms with Crippen molar-refractivity contribution in [1.82, 2.24) is 20.4 Å². The van der Waals surface area contributed by atoms with Crippen molar-refractivity contribution in [3.63, 3.8) is 0 Å². The average Bonchev–Trinajstić information content (AvgIpc) is 2.89. The number of nitrogens with one attached hydrogen (secondary N) is 2. The molecule has 0 saturated carbocycles. The van der Waals surface area contributed by atoms with Crippen LogP contribution >= 0.6 is 0 Å². The molecule has 3 unspecified atom stereocenters. The number of aromatic amines is 1. The fraction of sp³-hybridized carbons (Fsp3) is 0.636. The van der Waals surface area contributed by atoms with Crippen molar-refractivity contribution >= 4 is 5.91 Å². The topological polar surface area (TPSA) is 61.0 Å². The van der Waals surface area contributed by atoms with Gasteiger partial charge in [-0.1, -0.05) is 0 Å². The van der Waals surface area contributed by atoms with Crippen LogP contribution in [0.5, 0.6) is 0 Å². The first-order chi connectivity index (χ1) is 7.77. The number of H-pyrrole nitrogens is 1. The predicted octanol–water partition coefficient (Wildman–Crippen LogP) is 0.232. The highest BCUT2D eigenvalue weighted by molar-refractivity contribution is 5.94. The van der Waals surface area contributed by atoms with Gasteiger partial charge in [-0.2, -0.15) is 5.10 Å². The SMILES string of the molecule is CC1CC2CNCC2N1C(=O)c1cn[nH]c1. The molecule has 0 aliphatic carbocycles. The normalized spacial score (nSPS) is 33.1. The van der Waals surface area contributed by atoms with Gasteiger partial charge in [-0.05, 0) is 19.3 Å². The number of fused-ring (bicyclic) bond motifs is 1. The molecule has 1 amide bonds. The lowest BCUT2D eigenvalue weighted by Crippen LogP contribution is -2.42. The maximum absolute atomic E-state index is 12.3. The molecule has 0 spiro atoms. The molecule has 2 aliphatic rings.